The summed E-state index contributed by atoms with van der Waals surface area (Å²) in [7, 11) is 0. The summed E-state index contributed by atoms with van der Waals surface area (Å²) >= 11 is 0. The Kier molecular flexibility index (Phi) is 4.86. The molecule has 0 saturated heterocycles. The lowest BCUT2D eigenvalue weighted by Gasteiger charge is -2.34. The maximum atomic E-state index is 8.88. The highest BCUT2D eigenvalue weighted by atomic mass is 16.5. The second-order valence-corrected chi connectivity index (χ2v) is 6.60. The van der Waals surface area contributed by atoms with E-state index in [1.807, 2.05) is 19.1 Å². The molecule has 6 nitrogen and oxygen atoms in total. The van der Waals surface area contributed by atoms with Crippen molar-refractivity contribution >= 4 is 0 Å². The van der Waals surface area contributed by atoms with E-state index in [4.69, 9.17) is 14.4 Å². The largest absolute Gasteiger partial charge is 0.492 e. The van der Waals surface area contributed by atoms with Crippen LogP contribution in [0.25, 0.3) is 0 Å². The van der Waals surface area contributed by atoms with Gasteiger partial charge >= 0.3 is 0 Å². The van der Waals surface area contributed by atoms with Gasteiger partial charge in [0.1, 0.15) is 12.4 Å². The van der Waals surface area contributed by atoms with Crippen molar-refractivity contribution in [1.29, 1.82) is 5.26 Å². The van der Waals surface area contributed by atoms with Gasteiger partial charge < -0.3 is 9.15 Å². The maximum absolute atomic E-state index is 8.88. The van der Waals surface area contributed by atoms with Crippen LogP contribution in [0.15, 0.2) is 52.9 Å². The fourth-order valence-electron chi connectivity index (χ4n) is 3.41. The zero-order valence-electron chi connectivity index (χ0n) is 15.1. The first-order valence-corrected chi connectivity index (χ1v) is 8.97. The third-order valence-electron chi connectivity index (χ3n) is 4.80. The van der Waals surface area contributed by atoms with E-state index in [1.165, 1.54) is 11.1 Å². The Morgan fingerprint density at radius 3 is 2.63 bits per heavy atom. The number of ether oxygens (including phenoxy) is 1. The molecule has 0 N–H and O–H groups in total. The van der Waals surface area contributed by atoms with Crippen LogP contribution in [0.4, 0.5) is 0 Å². The molecule has 0 saturated carbocycles. The first-order chi connectivity index (χ1) is 13.2. The SMILES string of the molecule is Cc1nnc([C@H]2Cc3ccccc3CN2CCOc2ccc(C#N)cc2)o1. The van der Waals surface area contributed by atoms with E-state index in [0.29, 0.717) is 24.0 Å². The van der Waals surface area contributed by atoms with Crippen LogP contribution < -0.4 is 4.74 Å². The van der Waals surface area contributed by atoms with E-state index >= 15 is 0 Å². The number of benzene rings is 2. The van der Waals surface area contributed by atoms with Crippen LogP contribution in [0.3, 0.4) is 0 Å². The number of rotatable bonds is 5. The van der Waals surface area contributed by atoms with Crippen molar-refractivity contribution < 1.29 is 9.15 Å². The van der Waals surface area contributed by atoms with Crippen molar-refractivity contribution in [2.45, 2.75) is 25.9 Å². The molecule has 3 aromatic rings. The summed E-state index contributed by atoms with van der Waals surface area (Å²) in [5.41, 5.74) is 3.27. The highest BCUT2D eigenvalue weighted by Gasteiger charge is 2.30. The second kappa shape index (κ2) is 7.60. The zero-order valence-corrected chi connectivity index (χ0v) is 15.1. The van der Waals surface area contributed by atoms with Gasteiger partial charge in [0.2, 0.25) is 11.8 Å². The van der Waals surface area contributed by atoms with Crippen LogP contribution in [-0.4, -0.2) is 28.2 Å². The Morgan fingerprint density at radius 2 is 1.93 bits per heavy atom. The topological polar surface area (TPSA) is 75.2 Å². The Labute approximate surface area is 158 Å². The number of hydrogen-bond donors (Lipinski definition) is 0. The molecule has 2 aromatic carbocycles. The van der Waals surface area contributed by atoms with E-state index in [-0.39, 0.29) is 6.04 Å². The van der Waals surface area contributed by atoms with Gasteiger partial charge in [-0.05, 0) is 41.8 Å². The second-order valence-electron chi connectivity index (χ2n) is 6.60. The van der Waals surface area contributed by atoms with Gasteiger partial charge in [-0.15, -0.1) is 10.2 Å². The van der Waals surface area contributed by atoms with Crippen molar-refractivity contribution in [3.05, 3.63) is 77.0 Å². The van der Waals surface area contributed by atoms with Gasteiger partial charge in [-0.2, -0.15) is 5.26 Å². The molecule has 27 heavy (non-hydrogen) atoms. The lowest BCUT2D eigenvalue weighted by Crippen LogP contribution is -2.37. The number of aromatic nitrogens is 2. The van der Waals surface area contributed by atoms with Crippen LogP contribution in [0.2, 0.25) is 0 Å². The fourth-order valence-corrected chi connectivity index (χ4v) is 3.41. The molecule has 4 rings (SSSR count). The summed E-state index contributed by atoms with van der Waals surface area (Å²) in [6, 6.07) is 17.8. The first kappa shape index (κ1) is 17.3. The van der Waals surface area contributed by atoms with E-state index in [1.54, 1.807) is 12.1 Å². The highest BCUT2D eigenvalue weighted by Crippen LogP contribution is 2.32. The molecule has 0 fully saturated rings. The minimum Gasteiger partial charge on any atom is -0.492 e. The third-order valence-corrected chi connectivity index (χ3v) is 4.80. The molecule has 0 aliphatic carbocycles. The monoisotopic (exact) mass is 360 g/mol. The summed E-state index contributed by atoms with van der Waals surface area (Å²) in [5.74, 6) is 2.00. The summed E-state index contributed by atoms with van der Waals surface area (Å²) < 4.78 is 11.6. The normalized spacial score (nSPS) is 16.5. The standard InChI is InChI=1S/C21H20N4O2/c1-15-23-24-21(27-15)20-12-17-4-2-3-5-18(17)14-25(20)10-11-26-19-8-6-16(13-22)7-9-19/h2-9,20H,10-12,14H2,1H3/t20-/m1/s1. The molecule has 0 spiro atoms. The number of hydrogen-bond acceptors (Lipinski definition) is 6. The van der Waals surface area contributed by atoms with Gasteiger partial charge in [-0.3, -0.25) is 4.90 Å². The van der Waals surface area contributed by atoms with Crippen molar-refractivity contribution in [2.75, 3.05) is 13.2 Å². The van der Waals surface area contributed by atoms with Gasteiger partial charge in [0.05, 0.1) is 17.7 Å². The van der Waals surface area contributed by atoms with Crippen molar-refractivity contribution in [3.8, 4) is 11.8 Å². The smallest absolute Gasteiger partial charge is 0.233 e. The summed E-state index contributed by atoms with van der Waals surface area (Å²) in [6.07, 6.45) is 0.842. The number of nitrogens with zero attached hydrogens (tertiary/aromatic N) is 4. The molecular weight excluding hydrogens is 340 g/mol. The molecule has 1 aromatic heterocycles. The lowest BCUT2D eigenvalue weighted by atomic mass is 9.94. The van der Waals surface area contributed by atoms with Crippen LogP contribution in [-0.2, 0) is 13.0 Å². The first-order valence-electron chi connectivity index (χ1n) is 8.97. The van der Waals surface area contributed by atoms with Crippen molar-refractivity contribution in [2.24, 2.45) is 0 Å². The molecule has 0 radical (unpaired) electrons. The van der Waals surface area contributed by atoms with E-state index in [9.17, 15) is 0 Å². The molecule has 1 atom stereocenters. The minimum absolute atomic E-state index is 0.0469. The molecule has 0 unspecified atom stereocenters. The predicted octanol–water partition coefficient (Wildman–Crippen LogP) is 3.43. The molecule has 136 valence electrons. The summed E-state index contributed by atoms with van der Waals surface area (Å²) in [5, 5.41) is 17.1. The Bertz CT molecular complexity index is 959. The lowest BCUT2D eigenvalue weighted by molar-refractivity contribution is 0.121. The predicted molar refractivity (Wildman–Crippen MR) is 99.0 cm³/mol. The Morgan fingerprint density at radius 1 is 1.15 bits per heavy atom. The number of aryl methyl sites for hydroxylation is 1. The number of nitriles is 1. The van der Waals surface area contributed by atoms with E-state index in [2.05, 4.69) is 45.4 Å². The fraction of sp³-hybridized carbons (Fsp3) is 0.286. The van der Waals surface area contributed by atoms with Gasteiger partial charge in [-0.25, -0.2) is 0 Å². The summed E-state index contributed by atoms with van der Waals surface area (Å²) in [6.45, 7) is 3.91. The molecule has 2 heterocycles. The van der Waals surface area contributed by atoms with Crippen LogP contribution in [0.5, 0.6) is 5.75 Å². The highest BCUT2D eigenvalue weighted by molar-refractivity contribution is 5.34. The van der Waals surface area contributed by atoms with Gasteiger partial charge in [0.25, 0.3) is 0 Å². The van der Waals surface area contributed by atoms with Gasteiger partial charge in [0, 0.05) is 20.0 Å². The van der Waals surface area contributed by atoms with E-state index < -0.39 is 0 Å². The Balaban J connectivity index is 1.47. The maximum Gasteiger partial charge on any atom is 0.233 e. The summed E-state index contributed by atoms with van der Waals surface area (Å²) in [4.78, 5) is 2.32. The average molecular weight is 360 g/mol. The average Bonchev–Trinajstić information content (AvgIpc) is 3.14. The molecule has 0 bridgehead atoms. The minimum atomic E-state index is 0.0469. The molecule has 6 heteroatoms. The Hall–Kier alpha value is -3.17. The van der Waals surface area contributed by atoms with E-state index in [0.717, 1.165) is 25.3 Å². The zero-order chi connectivity index (χ0) is 18.6. The van der Waals surface area contributed by atoms with Crippen LogP contribution in [0.1, 0.15) is 34.5 Å². The van der Waals surface area contributed by atoms with Crippen molar-refractivity contribution in [3.63, 3.8) is 0 Å². The third kappa shape index (κ3) is 3.83. The van der Waals surface area contributed by atoms with Crippen LogP contribution >= 0.6 is 0 Å². The quantitative estimate of drug-likeness (QED) is 0.694. The molecule has 1 aliphatic rings. The molecule has 1 aliphatic heterocycles. The van der Waals surface area contributed by atoms with Crippen LogP contribution in [0, 0.1) is 18.3 Å². The van der Waals surface area contributed by atoms with Gasteiger partial charge in [0.15, 0.2) is 0 Å². The van der Waals surface area contributed by atoms with Crippen molar-refractivity contribution in [1.82, 2.24) is 15.1 Å². The number of fused-ring (bicyclic) bond motifs is 1. The molecule has 0 amide bonds. The van der Waals surface area contributed by atoms with Gasteiger partial charge in [-0.1, -0.05) is 24.3 Å². The molecular formula is C21H20N4O2.